The molecule has 0 bridgehead atoms. The van der Waals surface area contributed by atoms with Crippen LogP contribution in [0.4, 0.5) is 5.69 Å². The van der Waals surface area contributed by atoms with Gasteiger partial charge in [0.1, 0.15) is 11.5 Å². The lowest BCUT2D eigenvalue weighted by atomic mass is 10.3. The minimum Gasteiger partial charge on any atom is -0.497 e. The highest BCUT2D eigenvalue weighted by molar-refractivity contribution is 9.10. The molecule has 1 N–H and O–H groups in total. The molecular weight excluding hydrogens is 310 g/mol. The molecule has 0 saturated carbocycles. The van der Waals surface area contributed by atoms with Gasteiger partial charge in [-0.05, 0) is 46.3 Å². The lowest BCUT2D eigenvalue weighted by Crippen LogP contribution is -2.08. The third-order valence-electron chi connectivity index (χ3n) is 2.37. The maximum atomic E-state index is 11.8. The molecule has 1 amide bonds. The molecule has 1 aromatic heterocycles. The Balaban J connectivity index is 2.06. The fraction of sp³-hybridized carbons (Fsp3) is 0.0714. The van der Waals surface area contributed by atoms with Crippen molar-refractivity contribution in [2.45, 2.75) is 0 Å². The van der Waals surface area contributed by atoms with Gasteiger partial charge in [0.05, 0.1) is 19.1 Å². The number of benzene rings is 1. The van der Waals surface area contributed by atoms with E-state index >= 15 is 0 Å². The number of ether oxygens (including phenoxy) is 1. The smallest absolute Gasteiger partial charge is 0.248 e. The molecule has 0 radical (unpaired) electrons. The largest absolute Gasteiger partial charge is 0.497 e. The molecule has 2 rings (SSSR count). The summed E-state index contributed by atoms with van der Waals surface area (Å²) in [4.78, 5) is 11.8. The first-order chi connectivity index (χ1) is 9.19. The molecule has 19 heavy (non-hydrogen) atoms. The zero-order valence-corrected chi connectivity index (χ0v) is 11.8. The highest BCUT2D eigenvalue weighted by Gasteiger charge is 2.04. The van der Waals surface area contributed by atoms with Gasteiger partial charge in [-0.25, -0.2) is 0 Å². The number of hydrogen-bond donors (Lipinski definition) is 1. The normalized spacial score (nSPS) is 10.6. The van der Waals surface area contributed by atoms with E-state index in [1.165, 1.54) is 6.08 Å². The molecule has 0 aliphatic rings. The summed E-state index contributed by atoms with van der Waals surface area (Å²) in [6.45, 7) is 0. The van der Waals surface area contributed by atoms with Gasteiger partial charge in [0.15, 0.2) is 0 Å². The highest BCUT2D eigenvalue weighted by atomic mass is 79.9. The van der Waals surface area contributed by atoms with Crippen molar-refractivity contribution in [2.75, 3.05) is 12.4 Å². The molecule has 2 aromatic rings. The number of nitrogens with one attached hydrogen (secondary N) is 1. The van der Waals surface area contributed by atoms with Gasteiger partial charge in [-0.1, -0.05) is 0 Å². The van der Waals surface area contributed by atoms with Crippen LogP contribution in [-0.2, 0) is 4.79 Å². The first-order valence-electron chi connectivity index (χ1n) is 5.55. The third kappa shape index (κ3) is 3.72. The third-order valence-corrected chi connectivity index (χ3v) is 3.07. The molecule has 98 valence electrons. The predicted molar refractivity (Wildman–Crippen MR) is 77.1 cm³/mol. The van der Waals surface area contributed by atoms with Gasteiger partial charge in [-0.15, -0.1) is 0 Å². The van der Waals surface area contributed by atoms with Crippen LogP contribution in [0, 0.1) is 0 Å². The van der Waals surface area contributed by atoms with Crippen molar-refractivity contribution >= 4 is 33.6 Å². The van der Waals surface area contributed by atoms with Crippen molar-refractivity contribution in [3.63, 3.8) is 0 Å². The molecule has 0 aliphatic heterocycles. The Hall–Kier alpha value is -2.01. The van der Waals surface area contributed by atoms with E-state index in [2.05, 4.69) is 21.2 Å². The minimum absolute atomic E-state index is 0.245. The van der Waals surface area contributed by atoms with E-state index in [0.717, 1.165) is 4.47 Å². The van der Waals surface area contributed by atoms with E-state index in [-0.39, 0.29) is 5.91 Å². The van der Waals surface area contributed by atoms with Crippen LogP contribution in [-0.4, -0.2) is 13.0 Å². The summed E-state index contributed by atoms with van der Waals surface area (Å²) in [6.07, 6.45) is 4.56. The van der Waals surface area contributed by atoms with E-state index in [4.69, 9.17) is 9.15 Å². The predicted octanol–water partition coefficient (Wildman–Crippen LogP) is 3.70. The molecule has 0 fully saturated rings. The summed E-state index contributed by atoms with van der Waals surface area (Å²) in [5.41, 5.74) is 0.647. The Morgan fingerprint density at radius 2 is 2.26 bits per heavy atom. The number of methoxy groups -OCH3 is 1. The average Bonchev–Trinajstić information content (AvgIpc) is 2.92. The molecular formula is C14H12BrNO3. The van der Waals surface area contributed by atoms with E-state index in [0.29, 0.717) is 17.2 Å². The standard InChI is InChI=1S/C14H12BrNO3/c1-18-11-4-6-12(15)13(9-11)16-14(17)7-5-10-3-2-8-19-10/h2-9H,1H3,(H,16,17). The van der Waals surface area contributed by atoms with Crippen LogP contribution < -0.4 is 10.1 Å². The Morgan fingerprint density at radius 1 is 1.42 bits per heavy atom. The molecule has 0 aliphatic carbocycles. The van der Waals surface area contributed by atoms with Gasteiger partial charge < -0.3 is 14.5 Å². The summed E-state index contributed by atoms with van der Waals surface area (Å²) in [7, 11) is 1.58. The fourth-order valence-electron chi connectivity index (χ4n) is 1.45. The van der Waals surface area contributed by atoms with Crippen molar-refractivity contribution in [3.8, 4) is 5.75 Å². The number of amides is 1. The van der Waals surface area contributed by atoms with Gasteiger partial charge in [0.25, 0.3) is 0 Å². The Labute approximate surface area is 119 Å². The Morgan fingerprint density at radius 3 is 2.95 bits per heavy atom. The second-order valence-corrected chi connectivity index (χ2v) is 4.54. The number of rotatable bonds is 4. The highest BCUT2D eigenvalue weighted by Crippen LogP contribution is 2.27. The van der Waals surface area contributed by atoms with Gasteiger partial charge in [0, 0.05) is 16.6 Å². The number of carbonyl (C=O) groups is 1. The number of furan rings is 1. The molecule has 5 heteroatoms. The molecule has 0 unspecified atom stereocenters. The van der Waals surface area contributed by atoms with E-state index < -0.39 is 0 Å². The van der Waals surface area contributed by atoms with Crippen molar-refractivity contribution in [1.82, 2.24) is 0 Å². The molecule has 4 nitrogen and oxygen atoms in total. The number of halogens is 1. The van der Waals surface area contributed by atoms with E-state index in [9.17, 15) is 4.79 Å². The maximum absolute atomic E-state index is 11.8. The fourth-order valence-corrected chi connectivity index (χ4v) is 1.79. The summed E-state index contributed by atoms with van der Waals surface area (Å²) in [6, 6.07) is 8.88. The maximum Gasteiger partial charge on any atom is 0.248 e. The molecule has 0 saturated heterocycles. The van der Waals surface area contributed by atoms with Crippen LogP contribution in [0.2, 0.25) is 0 Å². The Bertz CT molecular complexity index is 591. The monoisotopic (exact) mass is 321 g/mol. The van der Waals surface area contributed by atoms with Crippen LogP contribution in [0.5, 0.6) is 5.75 Å². The first kappa shape index (κ1) is 13.4. The molecule has 1 aromatic carbocycles. The van der Waals surface area contributed by atoms with Gasteiger partial charge in [0.2, 0.25) is 5.91 Å². The lowest BCUT2D eigenvalue weighted by molar-refractivity contribution is -0.111. The van der Waals surface area contributed by atoms with Crippen LogP contribution in [0.15, 0.2) is 51.6 Å². The summed E-state index contributed by atoms with van der Waals surface area (Å²) in [5.74, 6) is 1.05. The molecule has 0 spiro atoms. The number of anilines is 1. The van der Waals surface area contributed by atoms with Crippen molar-refractivity contribution in [3.05, 3.63) is 52.9 Å². The summed E-state index contributed by atoms with van der Waals surface area (Å²) >= 11 is 3.37. The zero-order chi connectivity index (χ0) is 13.7. The summed E-state index contributed by atoms with van der Waals surface area (Å²) < 4.78 is 11.0. The van der Waals surface area contributed by atoms with Gasteiger partial charge >= 0.3 is 0 Å². The van der Waals surface area contributed by atoms with E-state index in [1.54, 1.807) is 43.7 Å². The van der Waals surface area contributed by atoms with Crippen LogP contribution in [0.3, 0.4) is 0 Å². The molecule has 0 atom stereocenters. The topological polar surface area (TPSA) is 51.5 Å². The van der Waals surface area contributed by atoms with Crippen LogP contribution in [0.1, 0.15) is 5.76 Å². The average molecular weight is 322 g/mol. The van der Waals surface area contributed by atoms with Gasteiger partial charge in [-0.2, -0.15) is 0 Å². The zero-order valence-electron chi connectivity index (χ0n) is 10.2. The quantitative estimate of drug-likeness (QED) is 0.873. The first-order valence-corrected chi connectivity index (χ1v) is 6.34. The van der Waals surface area contributed by atoms with Crippen molar-refractivity contribution in [1.29, 1.82) is 0 Å². The van der Waals surface area contributed by atoms with Gasteiger partial charge in [-0.3, -0.25) is 4.79 Å². The minimum atomic E-state index is -0.245. The Kier molecular flexibility index (Phi) is 4.41. The number of hydrogen-bond acceptors (Lipinski definition) is 3. The van der Waals surface area contributed by atoms with Crippen molar-refractivity contribution < 1.29 is 13.9 Å². The summed E-state index contributed by atoms with van der Waals surface area (Å²) in [5, 5.41) is 2.75. The van der Waals surface area contributed by atoms with Crippen LogP contribution in [0.25, 0.3) is 6.08 Å². The number of carbonyl (C=O) groups excluding carboxylic acids is 1. The lowest BCUT2D eigenvalue weighted by Gasteiger charge is -2.07. The van der Waals surface area contributed by atoms with E-state index in [1.807, 2.05) is 6.07 Å². The van der Waals surface area contributed by atoms with Crippen LogP contribution >= 0.6 is 15.9 Å². The second kappa shape index (κ2) is 6.24. The SMILES string of the molecule is COc1ccc(Br)c(NC(=O)C=Cc2ccco2)c1. The van der Waals surface area contributed by atoms with Crippen molar-refractivity contribution in [2.24, 2.45) is 0 Å². The second-order valence-electron chi connectivity index (χ2n) is 3.68. The molecule has 1 heterocycles.